The van der Waals surface area contributed by atoms with Crippen LogP contribution in [0.25, 0.3) is 0 Å². The van der Waals surface area contributed by atoms with Crippen LogP contribution in [0, 0.1) is 0 Å². The largest absolute Gasteiger partial charge is 0.467 e. The number of aromatic nitrogens is 2. The van der Waals surface area contributed by atoms with E-state index in [1.165, 1.54) is 7.11 Å². The van der Waals surface area contributed by atoms with Gasteiger partial charge in [0.2, 0.25) is 5.91 Å². The summed E-state index contributed by atoms with van der Waals surface area (Å²) in [6.45, 7) is 0.789. The smallest absolute Gasteiger partial charge is 0.316 e. The standard InChI is InChI=1S/C24H21ClN4O3/c1-32-24-27-10-18(11-28-24)23-20-7-17-12-29(21(13-30)14-3-2-4-19(25)6-14)22(31)8-15(17)5-16(20)9-26-23/h2-7,10-11,21,30H,8-9,12-13H2,1H3/t21-/m1/s1. The van der Waals surface area contributed by atoms with Gasteiger partial charge in [0.05, 0.1) is 38.4 Å². The van der Waals surface area contributed by atoms with Gasteiger partial charge in [0, 0.05) is 35.1 Å². The summed E-state index contributed by atoms with van der Waals surface area (Å²) in [4.78, 5) is 27.8. The Bertz CT molecular complexity index is 1230. The quantitative estimate of drug-likeness (QED) is 0.648. The van der Waals surface area contributed by atoms with Crippen molar-refractivity contribution in [2.75, 3.05) is 13.7 Å². The average molecular weight is 449 g/mol. The molecule has 0 fully saturated rings. The van der Waals surface area contributed by atoms with Crippen molar-refractivity contribution in [3.05, 3.63) is 87.2 Å². The number of methoxy groups -OCH3 is 1. The highest BCUT2D eigenvalue weighted by Gasteiger charge is 2.31. The first-order valence-electron chi connectivity index (χ1n) is 10.3. The number of carbonyl (C=O) groups excluding carboxylic acids is 1. The molecule has 32 heavy (non-hydrogen) atoms. The third-order valence-corrected chi connectivity index (χ3v) is 6.19. The van der Waals surface area contributed by atoms with Crippen molar-refractivity contribution in [3.63, 3.8) is 0 Å². The Morgan fingerprint density at radius 2 is 1.97 bits per heavy atom. The second-order valence-electron chi connectivity index (χ2n) is 7.85. The number of aliphatic imine (C=N–C) groups is 1. The van der Waals surface area contributed by atoms with Crippen molar-refractivity contribution < 1.29 is 14.6 Å². The third-order valence-electron chi connectivity index (χ3n) is 5.96. The molecule has 2 aliphatic rings. The Balaban J connectivity index is 1.47. The summed E-state index contributed by atoms with van der Waals surface area (Å²) < 4.78 is 5.05. The van der Waals surface area contributed by atoms with E-state index in [9.17, 15) is 9.90 Å². The summed E-state index contributed by atoms with van der Waals surface area (Å²) >= 11 is 6.14. The van der Waals surface area contributed by atoms with Crippen LogP contribution >= 0.6 is 11.6 Å². The van der Waals surface area contributed by atoms with Gasteiger partial charge in [0.25, 0.3) is 0 Å². The maximum atomic E-state index is 13.0. The summed E-state index contributed by atoms with van der Waals surface area (Å²) in [7, 11) is 1.53. The molecule has 1 amide bonds. The van der Waals surface area contributed by atoms with Crippen LogP contribution in [0.5, 0.6) is 6.01 Å². The van der Waals surface area contributed by atoms with Crippen molar-refractivity contribution in [3.8, 4) is 6.01 Å². The molecule has 0 spiro atoms. The molecular formula is C24H21ClN4O3. The summed E-state index contributed by atoms with van der Waals surface area (Å²) in [5.41, 5.74) is 6.64. The number of aliphatic hydroxyl groups is 1. The minimum absolute atomic E-state index is 0.0147. The molecule has 0 radical (unpaired) electrons. The Hall–Kier alpha value is -3.29. The predicted molar refractivity (Wildman–Crippen MR) is 120 cm³/mol. The topological polar surface area (TPSA) is 87.9 Å². The average Bonchev–Trinajstić information content (AvgIpc) is 3.21. The fraction of sp³-hybridized carbons (Fsp3) is 0.250. The third kappa shape index (κ3) is 3.63. The zero-order valence-corrected chi connectivity index (χ0v) is 18.2. The van der Waals surface area contributed by atoms with Gasteiger partial charge < -0.3 is 14.7 Å². The number of nitrogens with zero attached hydrogens (tertiary/aromatic N) is 4. The first kappa shape index (κ1) is 20.6. The number of ether oxygens (including phenoxy) is 1. The second kappa shape index (κ2) is 8.33. The molecule has 0 saturated carbocycles. The molecule has 0 bridgehead atoms. The number of carbonyl (C=O) groups is 1. The van der Waals surface area contributed by atoms with E-state index in [1.54, 1.807) is 29.4 Å². The molecule has 0 unspecified atom stereocenters. The number of fused-ring (bicyclic) bond motifs is 2. The lowest BCUT2D eigenvalue weighted by molar-refractivity contribution is -0.135. The SMILES string of the molecule is COc1ncc(C2=NCc3cc4c(cc32)CN([C@H](CO)c2cccc(Cl)c2)C(=O)C4)cn1. The van der Waals surface area contributed by atoms with Gasteiger partial charge in [0.15, 0.2) is 0 Å². The van der Waals surface area contributed by atoms with E-state index in [2.05, 4.69) is 27.1 Å². The lowest BCUT2D eigenvalue weighted by Gasteiger charge is -2.35. The Labute approximate surface area is 190 Å². The van der Waals surface area contributed by atoms with Crippen LogP contribution in [0.4, 0.5) is 0 Å². The van der Waals surface area contributed by atoms with Crippen molar-refractivity contribution in [2.24, 2.45) is 4.99 Å². The number of hydrogen-bond donors (Lipinski definition) is 1. The van der Waals surface area contributed by atoms with E-state index < -0.39 is 6.04 Å². The second-order valence-corrected chi connectivity index (χ2v) is 8.29. The maximum Gasteiger partial charge on any atom is 0.316 e. The fourth-order valence-corrected chi connectivity index (χ4v) is 4.56. The Kier molecular flexibility index (Phi) is 5.36. The molecule has 162 valence electrons. The van der Waals surface area contributed by atoms with Gasteiger partial charge in [-0.1, -0.05) is 29.8 Å². The van der Waals surface area contributed by atoms with Gasteiger partial charge in [-0.2, -0.15) is 0 Å². The number of hydrogen-bond acceptors (Lipinski definition) is 6. The van der Waals surface area contributed by atoms with Crippen LogP contribution < -0.4 is 4.74 Å². The monoisotopic (exact) mass is 448 g/mol. The highest BCUT2D eigenvalue weighted by atomic mass is 35.5. The first-order chi connectivity index (χ1) is 15.6. The minimum Gasteiger partial charge on any atom is -0.467 e. The predicted octanol–water partition coefficient (Wildman–Crippen LogP) is 3.11. The van der Waals surface area contributed by atoms with Crippen molar-refractivity contribution in [2.45, 2.75) is 25.6 Å². The molecule has 0 aliphatic carbocycles. The maximum absolute atomic E-state index is 13.0. The molecule has 2 aliphatic heterocycles. The lowest BCUT2D eigenvalue weighted by Crippen LogP contribution is -2.40. The number of halogens is 1. The van der Waals surface area contributed by atoms with Crippen LogP contribution in [0.2, 0.25) is 5.02 Å². The van der Waals surface area contributed by atoms with Gasteiger partial charge in [-0.15, -0.1) is 0 Å². The van der Waals surface area contributed by atoms with Crippen LogP contribution in [0.3, 0.4) is 0 Å². The molecule has 3 aromatic rings. The molecule has 8 heteroatoms. The molecule has 1 atom stereocenters. The van der Waals surface area contributed by atoms with E-state index in [4.69, 9.17) is 16.3 Å². The molecule has 2 aromatic carbocycles. The van der Waals surface area contributed by atoms with Crippen molar-refractivity contribution >= 4 is 23.2 Å². The van der Waals surface area contributed by atoms with E-state index in [0.29, 0.717) is 30.5 Å². The lowest BCUT2D eigenvalue weighted by atomic mass is 9.90. The highest BCUT2D eigenvalue weighted by Crippen LogP contribution is 2.33. The number of benzene rings is 2. The van der Waals surface area contributed by atoms with Gasteiger partial charge in [-0.05, 0) is 40.5 Å². The summed E-state index contributed by atoms with van der Waals surface area (Å²) in [5, 5.41) is 10.7. The summed E-state index contributed by atoms with van der Waals surface area (Å²) in [6.07, 6.45) is 3.70. The number of amides is 1. The van der Waals surface area contributed by atoms with Crippen LogP contribution in [0.1, 0.15) is 39.4 Å². The molecule has 1 N–H and O–H groups in total. The normalized spacial score (nSPS) is 15.8. The minimum atomic E-state index is -0.453. The van der Waals surface area contributed by atoms with E-state index in [1.807, 2.05) is 12.1 Å². The zero-order chi connectivity index (χ0) is 22.2. The summed E-state index contributed by atoms with van der Waals surface area (Å²) in [5.74, 6) is -0.0147. The Morgan fingerprint density at radius 3 is 2.69 bits per heavy atom. The van der Waals surface area contributed by atoms with Crippen LogP contribution in [-0.2, 0) is 24.3 Å². The van der Waals surface area contributed by atoms with Crippen LogP contribution in [0.15, 0.2) is 53.8 Å². The number of aliphatic hydroxyl groups excluding tert-OH is 1. The van der Waals surface area contributed by atoms with Gasteiger partial charge in [-0.25, -0.2) is 9.97 Å². The van der Waals surface area contributed by atoms with Gasteiger partial charge in [-0.3, -0.25) is 9.79 Å². The molecule has 7 nitrogen and oxygen atoms in total. The van der Waals surface area contributed by atoms with Gasteiger partial charge in [0.1, 0.15) is 0 Å². The van der Waals surface area contributed by atoms with Crippen molar-refractivity contribution in [1.29, 1.82) is 0 Å². The summed E-state index contributed by atoms with van der Waals surface area (Å²) in [6, 6.07) is 11.3. The van der Waals surface area contributed by atoms with Gasteiger partial charge >= 0.3 is 6.01 Å². The molecular weight excluding hydrogens is 428 g/mol. The van der Waals surface area contributed by atoms with E-state index >= 15 is 0 Å². The Morgan fingerprint density at radius 1 is 1.16 bits per heavy atom. The molecule has 0 saturated heterocycles. The molecule has 5 rings (SSSR count). The first-order valence-corrected chi connectivity index (χ1v) is 10.7. The van der Waals surface area contributed by atoms with E-state index in [0.717, 1.165) is 39.1 Å². The number of rotatable bonds is 5. The van der Waals surface area contributed by atoms with Crippen molar-refractivity contribution in [1.82, 2.24) is 14.9 Å². The molecule has 1 aromatic heterocycles. The highest BCUT2D eigenvalue weighted by molar-refractivity contribution is 6.30. The van der Waals surface area contributed by atoms with Crippen LogP contribution in [-0.4, -0.2) is 45.3 Å². The van der Waals surface area contributed by atoms with E-state index in [-0.39, 0.29) is 12.5 Å². The molecule has 3 heterocycles. The zero-order valence-electron chi connectivity index (χ0n) is 17.5. The fourth-order valence-electron chi connectivity index (χ4n) is 4.36.